The van der Waals surface area contributed by atoms with Crippen LogP contribution in [0.2, 0.25) is 0 Å². The first kappa shape index (κ1) is 28.8. The zero-order chi connectivity index (χ0) is 29.6. The minimum Gasteiger partial charge on any atom is -0.480 e. The van der Waals surface area contributed by atoms with E-state index in [0.717, 1.165) is 59.6 Å². The number of carbonyl (C=O) groups is 1. The van der Waals surface area contributed by atoms with Crippen LogP contribution < -0.4 is 11.1 Å². The van der Waals surface area contributed by atoms with Crippen LogP contribution in [-0.2, 0) is 11.3 Å². The van der Waals surface area contributed by atoms with Gasteiger partial charge in [-0.3, -0.25) is 23.9 Å². The lowest BCUT2D eigenvalue weighted by Crippen LogP contribution is -2.53. The molecule has 2 saturated heterocycles. The smallest absolute Gasteiger partial charge is 0.323 e. The Morgan fingerprint density at radius 3 is 2.17 bits per heavy atom. The molecule has 4 heterocycles. The number of rotatable bonds is 5. The lowest BCUT2D eigenvalue weighted by Gasteiger charge is -2.56. The lowest BCUT2D eigenvalue weighted by molar-refractivity contribution is -0.137. The number of carboxylic acid groups (broad SMARTS) is 1. The Hall–Kier alpha value is -3.26. The molecule has 2 aromatic heterocycles. The van der Waals surface area contributed by atoms with Gasteiger partial charge in [-0.1, -0.05) is 51.8 Å². The highest BCUT2D eigenvalue weighted by Crippen LogP contribution is 2.58. The number of hydrogen-bond acceptors (Lipinski definition) is 5. The maximum atomic E-state index is 13.9. The van der Waals surface area contributed by atoms with Gasteiger partial charge >= 0.3 is 5.97 Å². The quantitative estimate of drug-likeness (QED) is 0.420. The molecular formula is C34H44N4O4. The van der Waals surface area contributed by atoms with Crippen LogP contribution in [0.3, 0.4) is 0 Å². The number of carboxylic acids is 1. The van der Waals surface area contributed by atoms with Gasteiger partial charge in [-0.05, 0) is 86.9 Å². The first-order valence-electron chi connectivity index (χ1n) is 15.9. The number of para-hydroxylation sites is 2. The highest BCUT2D eigenvalue weighted by Gasteiger charge is 2.49. The summed E-state index contributed by atoms with van der Waals surface area (Å²) in [5.41, 5.74) is 1.79. The molecule has 2 aliphatic heterocycles. The van der Waals surface area contributed by atoms with Crippen LogP contribution in [0.15, 0.2) is 52.1 Å². The Morgan fingerprint density at radius 2 is 1.57 bits per heavy atom. The van der Waals surface area contributed by atoms with Crippen molar-refractivity contribution in [3.63, 3.8) is 0 Å². The normalized spacial score (nSPS) is 27.9. The number of hydrogen-bond donors (Lipinski definition) is 1. The molecule has 4 bridgehead atoms. The lowest BCUT2D eigenvalue weighted by atomic mass is 9.49. The predicted molar refractivity (Wildman–Crippen MR) is 165 cm³/mol. The molecule has 0 amide bonds. The van der Waals surface area contributed by atoms with Crippen molar-refractivity contribution in [3.8, 4) is 11.4 Å². The highest BCUT2D eigenvalue weighted by molar-refractivity contribution is 5.78. The number of aromatic nitrogens is 3. The fourth-order valence-corrected chi connectivity index (χ4v) is 8.60. The Bertz CT molecular complexity index is 1560. The summed E-state index contributed by atoms with van der Waals surface area (Å²) in [5, 5.41) is 9.33. The van der Waals surface area contributed by atoms with Crippen LogP contribution in [0.25, 0.3) is 22.4 Å². The summed E-state index contributed by atoms with van der Waals surface area (Å²) in [6.07, 6.45) is 11.4. The van der Waals surface area contributed by atoms with Crippen LogP contribution in [0.1, 0.15) is 84.6 Å². The third-order valence-corrected chi connectivity index (χ3v) is 11.0. The zero-order valence-corrected chi connectivity index (χ0v) is 25.2. The van der Waals surface area contributed by atoms with Crippen molar-refractivity contribution in [3.05, 3.63) is 63.2 Å². The van der Waals surface area contributed by atoms with E-state index < -0.39 is 18.1 Å². The van der Waals surface area contributed by atoms with Crippen molar-refractivity contribution in [2.75, 3.05) is 6.54 Å². The molecule has 4 atom stereocenters. The minimum absolute atomic E-state index is 0.0330. The van der Waals surface area contributed by atoms with E-state index in [-0.39, 0.29) is 23.0 Å². The molecule has 5 aliphatic rings. The molecule has 3 aromatic rings. The van der Waals surface area contributed by atoms with Crippen molar-refractivity contribution in [2.45, 2.75) is 103 Å². The second kappa shape index (κ2) is 11.4. The van der Waals surface area contributed by atoms with E-state index in [1.54, 1.807) is 18.6 Å². The Labute approximate surface area is 247 Å². The number of aliphatic carboxylic acids is 1. The van der Waals surface area contributed by atoms with E-state index in [1.165, 1.54) is 31.7 Å². The summed E-state index contributed by atoms with van der Waals surface area (Å²) in [6, 6.07) is 12.9. The Kier molecular flexibility index (Phi) is 7.85. The maximum Gasteiger partial charge on any atom is 0.323 e. The van der Waals surface area contributed by atoms with Crippen molar-refractivity contribution in [2.24, 2.45) is 17.3 Å². The van der Waals surface area contributed by atoms with Crippen LogP contribution in [0.5, 0.6) is 0 Å². The summed E-state index contributed by atoms with van der Waals surface area (Å²) in [7, 11) is 0. The van der Waals surface area contributed by atoms with Gasteiger partial charge in [-0.15, -0.1) is 0 Å². The molecule has 8 nitrogen and oxygen atoms in total. The van der Waals surface area contributed by atoms with Crippen LogP contribution in [0, 0.1) is 17.3 Å². The first-order valence-corrected chi connectivity index (χ1v) is 15.9. The molecule has 1 aromatic carbocycles. The van der Waals surface area contributed by atoms with E-state index in [4.69, 9.17) is 0 Å². The Balaban J connectivity index is 0.000000296. The second-order valence-electron chi connectivity index (χ2n) is 13.4. The molecule has 42 heavy (non-hydrogen) atoms. The van der Waals surface area contributed by atoms with Gasteiger partial charge in [0.25, 0.3) is 11.1 Å². The van der Waals surface area contributed by atoms with E-state index >= 15 is 0 Å². The largest absolute Gasteiger partial charge is 0.480 e. The Morgan fingerprint density at radius 1 is 0.905 bits per heavy atom. The summed E-state index contributed by atoms with van der Waals surface area (Å²) >= 11 is 0. The van der Waals surface area contributed by atoms with Gasteiger partial charge in [-0.2, -0.15) is 0 Å². The minimum atomic E-state index is -1.15. The molecule has 3 aliphatic carbocycles. The third-order valence-electron chi connectivity index (χ3n) is 11.0. The van der Waals surface area contributed by atoms with Crippen molar-refractivity contribution in [1.82, 2.24) is 19.0 Å². The second-order valence-corrected chi connectivity index (χ2v) is 13.4. The number of piperidine rings is 2. The highest BCUT2D eigenvalue weighted by atomic mass is 16.4. The topological polar surface area (TPSA) is 97.4 Å². The number of benzene rings is 1. The van der Waals surface area contributed by atoms with Crippen molar-refractivity contribution < 1.29 is 9.90 Å². The molecule has 3 saturated carbocycles. The fraction of sp³-hybridized carbons (Fsp3) is 0.588. The molecule has 8 rings (SSSR count). The van der Waals surface area contributed by atoms with Gasteiger partial charge in [0, 0.05) is 24.2 Å². The average Bonchev–Trinajstić information content (AvgIpc) is 2.98. The molecule has 0 spiro atoms. The van der Waals surface area contributed by atoms with Gasteiger partial charge in [0.1, 0.15) is 6.54 Å². The van der Waals surface area contributed by atoms with Crippen molar-refractivity contribution >= 4 is 17.0 Å². The average molecular weight is 573 g/mol. The van der Waals surface area contributed by atoms with Crippen LogP contribution in [0.4, 0.5) is 0 Å². The van der Waals surface area contributed by atoms with E-state index in [9.17, 15) is 19.5 Å². The fourth-order valence-electron chi connectivity index (χ4n) is 8.60. The molecule has 1 N–H and O–H groups in total. The molecule has 5 fully saturated rings. The third kappa shape index (κ3) is 5.12. The molecule has 224 valence electrons. The van der Waals surface area contributed by atoms with Gasteiger partial charge < -0.3 is 9.67 Å². The van der Waals surface area contributed by atoms with Gasteiger partial charge in [0.2, 0.25) is 0 Å². The molecular weight excluding hydrogens is 528 g/mol. The maximum absolute atomic E-state index is 13.9. The van der Waals surface area contributed by atoms with E-state index in [2.05, 4.69) is 30.7 Å². The SMILES string of the molecule is CC1(C)C2CCCC1C2.CCN1C2CCCC1CC(n1c(=O)c(-c3cccc(=O)n3CC(=O)O)nc3ccccc31)C2. The zero-order valence-electron chi connectivity index (χ0n) is 25.2. The van der Waals surface area contributed by atoms with E-state index in [0.29, 0.717) is 17.6 Å². The van der Waals surface area contributed by atoms with Crippen LogP contribution >= 0.6 is 0 Å². The van der Waals surface area contributed by atoms with Gasteiger partial charge in [0.05, 0.1) is 16.7 Å². The predicted octanol–water partition coefficient (Wildman–Crippen LogP) is 5.72. The first-order chi connectivity index (χ1) is 20.2. The number of pyridine rings is 1. The molecule has 4 unspecified atom stereocenters. The number of nitrogens with zero attached hydrogens (tertiary/aromatic N) is 4. The van der Waals surface area contributed by atoms with Gasteiger partial charge in [0.15, 0.2) is 5.69 Å². The summed E-state index contributed by atoms with van der Waals surface area (Å²) in [4.78, 5) is 45.0. The van der Waals surface area contributed by atoms with Gasteiger partial charge in [-0.25, -0.2) is 4.98 Å². The monoisotopic (exact) mass is 572 g/mol. The standard InChI is InChI=1S/C25H28N4O4.C9H16/c1-2-27-16-7-5-8-17(27)14-18(13-16)29-20-10-4-3-9-19(20)26-24(25(29)33)21-11-6-12-22(30)28(21)15-23(31)32;1-9(2)7-4-3-5-8(9)6-7/h3-4,6,9-12,16-18H,2,5,7-8,13-15H2,1H3,(H,31,32);7-8H,3-6H2,1-2H3. The summed E-state index contributed by atoms with van der Waals surface area (Å²) in [5.74, 6) is 1.04. The van der Waals surface area contributed by atoms with Crippen LogP contribution in [-0.4, -0.2) is 48.7 Å². The molecule has 0 radical (unpaired) electrons. The summed E-state index contributed by atoms with van der Waals surface area (Å²) in [6.45, 7) is 7.59. The van der Waals surface area contributed by atoms with Crippen molar-refractivity contribution in [1.29, 1.82) is 0 Å². The van der Waals surface area contributed by atoms with E-state index in [1.807, 2.05) is 28.8 Å². The number of fused-ring (bicyclic) bond motifs is 5. The molecule has 8 heteroatoms. The summed E-state index contributed by atoms with van der Waals surface area (Å²) < 4.78 is 2.97.